The quantitative estimate of drug-likeness (QED) is 0.576. The van der Waals surface area contributed by atoms with Crippen molar-refractivity contribution in [3.63, 3.8) is 0 Å². The largest absolute Gasteiger partial charge is 0.462 e. The molecular formula is C15H14INO4. The zero-order valence-electron chi connectivity index (χ0n) is 11.7. The van der Waals surface area contributed by atoms with Crippen LogP contribution in [0.3, 0.4) is 0 Å². The Hall–Kier alpha value is -1.41. The minimum Gasteiger partial charge on any atom is -0.462 e. The van der Waals surface area contributed by atoms with E-state index in [2.05, 4.69) is 22.6 Å². The number of pyridine rings is 1. The lowest BCUT2D eigenvalue weighted by Crippen LogP contribution is -2.26. The maximum Gasteiger partial charge on any atom is 0.343 e. The Morgan fingerprint density at radius 2 is 2.29 bits per heavy atom. The van der Waals surface area contributed by atoms with Crippen LogP contribution in [0.4, 0.5) is 0 Å². The van der Waals surface area contributed by atoms with Crippen molar-refractivity contribution < 1.29 is 14.3 Å². The first-order chi connectivity index (χ1) is 10.0. The highest BCUT2D eigenvalue weighted by molar-refractivity contribution is 14.1. The highest BCUT2D eigenvalue weighted by atomic mass is 127. The van der Waals surface area contributed by atoms with Crippen LogP contribution in [0, 0.1) is 3.57 Å². The molecule has 5 nitrogen and oxygen atoms in total. The first kappa shape index (κ1) is 14.5. The van der Waals surface area contributed by atoms with Crippen molar-refractivity contribution >= 4 is 39.5 Å². The molecule has 0 saturated heterocycles. The molecule has 1 aromatic carbocycles. The summed E-state index contributed by atoms with van der Waals surface area (Å²) in [5, 5.41) is 0.539. The molecule has 0 fully saturated rings. The van der Waals surface area contributed by atoms with Crippen molar-refractivity contribution in [3.05, 3.63) is 43.2 Å². The molecule has 2 aromatic rings. The topological polar surface area (TPSA) is 57.5 Å². The van der Waals surface area contributed by atoms with Gasteiger partial charge in [0.15, 0.2) is 0 Å². The van der Waals surface area contributed by atoms with Gasteiger partial charge in [-0.3, -0.25) is 4.79 Å². The lowest BCUT2D eigenvalue weighted by molar-refractivity contribution is -0.00200. The third kappa shape index (κ3) is 2.36. The number of carbonyl (C=O) groups is 1. The average Bonchev–Trinajstić information content (AvgIpc) is 2.45. The van der Waals surface area contributed by atoms with Crippen molar-refractivity contribution in [2.75, 3.05) is 6.61 Å². The normalized spacial score (nSPS) is 17.0. The van der Waals surface area contributed by atoms with E-state index in [1.807, 2.05) is 17.6 Å². The molecule has 3 rings (SSSR count). The van der Waals surface area contributed by atoms with Crippen molar-refractivity contribution in [1.29, 1.82) is 0 Å². The predicted molar refractivity (Wildman–Crippen MR) is 86.4 cm³/mol. The monoisotopic (exact) mass is 399 g/mol. The van der Waals surface area contributed by atoms with E-state index in [0.29, 0.717) is 12.0 Å². The minimum atomic E-state index is -0.591. The van der Waals surface area contributed by atoms with Gasteiger partial charge in [-0.1, -0.05) is 0 Å². The second kappa shape index (κ2) is 5.42. The molecule has 1 atom stereocenters. The molecular weight excluding hydrogens is 385 g/mol. The smallest absolute Gasteiger partial charge is 0.343 e. The van der Waals surface area contributed by atoms with Crippen LogP contribution in [0.15, 0.2) is 23.1 Å². The van der Waals surface area contributed by atoms with Crippen LogP contribution >= 0.6 is 22.6 Å². The van der Waals surface area contributed by atoms with Gasteiger partial charge in [0, 0.05) is 20.7 Å². The van der Waals surface area contributed by atoms with Crippen LogP contribution in [-0.2, 0) is 16.1 Å². The van der Waals surface area contributed by atoms with Crippen LogP contribution in [0.1, 0.15) is 36.0 Å². The van der Waals surface area contributed by atoms with Gasteiger partial charge in [0.05, 0.1) is 18.7 Å². The van der Waals surface area contributed by atoms with Crippen molar-refractivity contribution in [2.24, 2.45) is 0 Å². The van der Waals surface area contributed by atoms with Gasteiger partial charge in [-0.25, -0.2) is 4.79 Å². The van der Waals surface area contributed by atoms with Crippen LogP contribution in [-0.4, -0.2) is 17.1 Å². The molecule has 0 bridgehead atoms. The maximum atomic E-state index is 12.6. The first-order valence-electron chi connectivity index (χ1n) is 6.69. The molecule has 1 aliphatic rings. The van der Waals surface area contributed by atoms with Gasteiger partial charge in [0.2, 0.25) is 5.43 Å². The molecule has 1 aliphatic heterocycles. The fourth-order valence-electron chi connectivity index (χ4n) is 2.58. The summed E-state index contributed by atoms with van der Waals surface area (Å²) in [5.41, 5.74) is 1.57. The number of esters is 1. The zero-order chi connectivity index (χ0) is 15.1. The molecule has 0 spiro atoms. The first-order valence-corrected chi connectivity index (χ1v) is 7.76. The lowest BCUT2D eigenvalue weighted by atomic mass is 10.1. The Bertz CT molecular complexity index is 796. The molecule has 21 heavy (non-hydrogen) atoms. The minimum absolute atomic E-state index is 0.0506. The Morgan fingerprint density at radius 1 is 1.52 bits per heavy atom. The molecule has 110 valence electrons. The van der Waals surface area contributed by atoms with Gasteiger partial charge in [-0.05, 0) is 48.6 Å². The summed E-state index contributed by atoms with van der Waals surface area (Å²) in [6.45, 7) is 4.31. The summed E-state index contributed by atoms with van der Waals surface area (Å²) in [6, 6.07) is 3.80. The van der Waals surface area contributed by atoms with Gasteiger partial charge in [-0.2, -0.15) is 0 Å². The molecule has 0 radical (unpaired) electrons. The molecule has 0 amide bonds. The second-order valence-corrected chi connectivity index (χ2v) is 6.12. The van der Waals surface area contributed by atoms with E-state index in [1.54, 1.807) is 19.2 Å². The standard InChI is InChI=1S/C15H14INO4/c1-3-20-15(19)12-6-17-8(2)21-7-9-4-10(16)5-11(13(9)17)14(12)18/h4-6,8H,3,7H2,1-2H3. The van der Waals surface area contributed by atoms with Crippen LogP contribution in [0.2, 0.25) is 0 Å². The fraction of sp³-hybridized carbons (Fsp3) is 0.333. The number of aromatic nitrogens is 1. The molecule has 2 heterocycles. The van der Waals surface area contributed by atoms with Crippen molar-refractivity contribution in [3.8, 4) is 0 Å². The van der Waals surface area contributed by atoms with E-state index in [9.17, 15) is 9.59 Å². The highest BCUT2D eigenvalue weighted by Crippen LogP contribution is 2.29. The average molecular weight is 399 g/mol. The number of hydrogen-bond donors (Lipinski definition) is 0. The molecule has 1 aromatic heterocycles. The van der Waals surface area contributed by atoms with E-state index in [1.165, 1.54) is 0 Å². The Morgan fingerprint density at radius 3 is 3.00 bits per heavy atom. The predicted octanol–water partition coefficient (Wildman–Crippen LogP) is 2.83. The highest BCUT2D eigenvalue weighted by Gasteiger charge is 2.24. The van der Waals surface area contributed by atoms with Gasteiger partial charge >= 0.3 is 5.97 Å². The number of benzene rings is 1. The van der Waals surface area contributed by atoms with E-state index in [-0.39, 0.29) is 23.8 Å². The summed E-state index contributed by atoms with van der Waals surface area (Å²) in [4.78, 5) is 24.6. The van der Waals surface area contributed by atoms with Crippen molar-refractivity contribution in [2.45, 2.75) is 26.7 Å². The van der Waals surface area contributed by atoms with Crippen LogP contribution < -0.4 is 5.43 Å². The number of halogens is 1. The summed E-state index contributed by atoms with van der Waals surface area (Å²) >= 11 is 2.16. The lowest BCUT2D eigenvalue weighted by Gasteiger charge is -2.27. The zero-order valence-corrected chi connectivity index (χ0v) is 13.8. The van der Waals surface area contributed by atoms with Gasteiger partial charge in [0.1, 0.15) is 11.8 Å². The van der Waals surface area contributed by atoms with Gasteiger partial charge in [-0.15, -0.1) is 0 Å². The summed E-state index contributed by atoms with van der Waals surface area (Å²) < 4.78 is 13.4. The number of rotatable bonds is 2. The molecule has 0 saturated carbocycles. The third-order valence-corrected chi connectivity index (χ3v) is 4.16. The summed E-state index contributed by atoms with van der Waals surface area (Å²) in [5.74, 6) is -0.591. The van der Waals surface area contributed by atoms with Crippen LogP contribution in [0.5, 0.6) is 0 Å². The van der Waals surface area contributed by atoms with E-state index < -0.39 is 5.97 Å². The second-order valence-electron chi connectivity index (χ2n) is 4.87. The van der Waals surface area contributed by atoms with E-state index in [4.69, 9.17) is 9.47 Å². The Balaban J connectivity index is 2.38. The number of ether oxygens (including phenoxy) is 2. The molecule has 6 heteroatoms. The number of carbonyl (C=O) groups excluding carboxylic acids is 1. The van der Waals surface area contributed by atoms with Crippen molar-refractivity contribution in [1.82, 2.24) is 4.57 Å². The van der Waals surface area contributed by atoms with Gasteiger partial charge < -0.3 is 14.0 Å². The Kier molecular flexibility index (Phi) is 3.75. The maximum absolute atomic E-state index is 12.6. The van der Waals surface area contributed by atoms with E-state index in [0.717, 1.165) is 14.7 Å². The SMILES string of the molecule is CCOC(=O)c1cn2c3c(cc(I)cc3c1=O)COC2C. The molecule has 1 unspecified atom stereocenters. The number of nitrogens with zero attached hydrogens (tertiary/aromatic N) is 1. The van der Waals surface area contributed by atoms with Gasteiger partial charge in [0.25, 0.3) is 0 Å². The summed E-state index contributed by atoms with van der Waals surface area (Å²) in [7, 11) is 0. The molecule has 0 aliphatic carbocycles. The Labute approximate surface area is 135 Å². The molecule has 0 N–H and O–H groups in total. The summed E-state index contributed by atoms with van der Waals surface area (Å²) in [6.07, 6.45) is 1.32. The van der Waals surface area contributed by atoms with E-state index >= 15 is 0 Å². The third-order valence-electron chi connectivity index (χ3n) is 3.54. The number of hydrogen-bond acceptors (Lipinski definition) is 4. The fourth-order valence-corrected chi connectivity index (χ4v) is 3.27. The van der Waals surface area contributed by atoms with Crippen LogP contribution in [0.25, 0.3) is 10.9 Å².